The number of benzene rings is 2. The van der Waals surface area contributed by atoms with Crippen LogP contribution in [0.4, 0.5) is 0 Å². The number of carbonyl (C=O) groups excluding carboxylic acids is 1. The van der Waals surface area contributed by atoms with Gasteiger partial charge in [-0.05, 0) is 86.3 Å². The van der Waals surface area contributed by atoms with E-state index in [0.29, 0.717) is 30.5 Å². The highest BCUT2D eigenvalue weighted by molar-refractivity contribution is 6.04. The number of methoxy groups -OCH3 is 1. The number of hydrogen-bond donors (Lipinski definition) is 2. The van der Waals surface area contributed by atoms with Gasteiger partial charge in [0.05, 0.1) is 18.7 Å². The third kappa shape index (κ3) is 4.51. The van der Waals surface area contributed by atoms with E-state index in [2.05, 4.69) is 36.0 Å². The number of nitrogens with zero attached hydrogens (tertiary/aromatic N) is 3. The molecular weight excluding hydrogens is 438 g/mol. The molecule has 7 nitrogen and oxygen atoms in total. The summed E-state index contributed by atoms with van der Waals surface area (Å²) in [5, 5.41) is 9.19. The van der Waals surface area contributed by atoms with E-state index in [1.165, 1.54) is 24.8 Å². The maximum atomic E-state index is 13.7. The Morgan fingerprint density at radius 1 is 1.11 bits per heavy atom. The molecule has 2 fully saturated rings. The molecule has 2 aliphatic heterocycles. The van der Waals surface area contributed by atoms with Crippen LogP contribution in [-0.4, -0.2) is 43.0 Å². The number of nitrogens with one attached hydrogen (secondary N) is 2. The fourth-order valence-corrected chi connectivity index (χ4v) is 5.47. The summed E-state index contributed by atoms with van der Waals surface area (Å²) < 4.78 is 5.56. The highest BCUT2D eigenvalue weighted by Gasteiger charge is 2.30. The van der Waals surface area contributed by atoms with Gasteiger partial charge in [-0.25, -0.2) is 10.4 Å². The molecule has 2 N–H and O–H groups in total. The molecule has 35 heavy (non-hydrogen) atoms. The second-order valence-corrected chi connectivity index (χ2v) is 9.94. The van der Waals surface area contributed by atoms with Crippen molar-refractivity contribution in [2.45, 2.75) is 64.0 Å². The van der Waals surface area contributed by atoms with Gasteiger partial charge in [0.15, 0.2) is 0 Å². The van der Waals surface area contributed by atoms with E-state index in [0.717, 1.165) is 46.7 Å². The molecule has 0 spiro atoms. The lowest BCUT2D eigenvalue weighted by Gasteiger charge is -2.34. The number of amidine groups is 1. The molecule has 182 valence electrons. The zero-order valence-corrected chi connectivity index (χ0v) is 20.7. The van der Waals surface area contributed by atoms with Crippen molar-refractivity contribution < 1.29 is 9.53 Å². The number of nitriles is 1. The minimum absolute atomic E-state index is 0.0120. The van der Waals surface area contributed by atoms with Gasteiger partial charge in [-0.15, -0.1) is 0 Å². The summed E-state index contributed by atoms with van der Waals surface area (Å²) in [6.07, 6.45) is 5.41. The molecular formula is C28H33N5O2. The molecule has 2 aromatic carbocycles. The number of ether oxygens (including phenoxy) is 1. The number of rotatable bonds is 5. The Morgan fingerprint density at radius 3 is 2.46 bits per heavy atom. The summed E-state index contributed by atoms with van der Waals surface area (Å²) in [6.45, 7) is 5.46. The van der Waals surface area contributed by atoms with E-state index in [9.17, 15) is 10.1 Å². The molecule has 1 saturated heterocycles. The molecule has 0 bridgehead atoms. The van der Waals surface area contributed by atoms with E-state index < -0.39 is 0 Å². The second-order valence-electron chi connectivity index (χ2n) is 9.94. The number of hydrazine groups is 1. The maximum absolute atomic E-state index is 13.7. The van der Waals surface area contributed by atoms with Crippen LogP contribution in [0.5, 0.6) is 5.75 Å². The molecule has 1 unspecified atom stereocenters. The Morgan fingerprint density at radius 2 is 1.86 bits per heavy atom. The summed E-state index contributed by atoms with van der Waals surface area (Å²) in [4.78, 5) is 20.3. The minimum Gasteiger partial charge on any atom is -0.496 e. The summed E-state index contributed by atoms with van der Waals surface area (Å²) in [7, 11) is 1.64. The SMILES string of the molecule is COc1cc(C#N)ccc1C1CCN(C(=O)c2cc(C3=NC(C)NN3)c(C3CCC3)cc2C)CC1. The first kappa shape index (κ1) is 23.4. The lowest BCUT2D eigenvalue weighted by molar-refractivity contribution is 0.0711. The lowest BCUT2D eigenvalue weighted by Crippen LogP contribution is -2.39. The average Bonchev–Trinajstić information content (AvgIpc) is 3.28. The Kier molecular flexibility index (Phi) is 6.48. The number of hydrogen-bond acceptors (Lipinski definition) is 6. The van der Waals surface area contributed by atoms with Crippen LogP contribution in [-0.2, 0) is 0 Å². The van der Waals surface area contributed by atoms with Crippen LogP contribution >= 0.6 is 0 Å². The number of likely N-dealkylation sites (tertiary alicyclic amines) is 1. The first-order valence-corrected chi connectivity index (χ1v) is 12.6. The third-order valence-corrected chi connectivity index (χ3v) is 7.73. The minimum atomic E-state index is 0.0120. The fourth-order valence-electron chi connectivity index (χ4n) is 5.47. The molecule has 1 aliphatic carbocycles. The molecule has 5 rings (SSSR count). The van der Waals surface area contributed by atoms with Crippen molar-refractivity contribution in [3.63, 3.8) is 0 Å². The van der Waals surface area contributed by atoms with Crippen LogP contribution in [0.25, 0.3) is 0 Å². The Hall–Kier alpha value is -3.37. The lowest BCUT2D eigenvalue weighted by atomic mass is 9.77. The highest BCUT2D eigenvalue weighted by atomic mass is 16.5. The third-order valence-electron chi connectivity index (χ3n) is 7.73. The van der Waals surface area contributed by atoms with Gasteiger partial charge in [-0.2, -0.15) is 5.26 Å². The molecule has 0 aromatic heterocycles. The van der Waals surface area contributed by atoms with Crippen molar-refractivity contribution in [3.8, 4) is 11.8 Å². The number of aliphatic imine (C=N–C) groups is 1. The maximum Gasteiger partial charge on any atom is 0.254 e. The van der Waals surface area contributed by atoms with Crippen LogP contribution in [0.15, 0.2) is 35.3 Å². The van der Waals surface area contributed by atoms with E-state index in [-0.39, 0.29) is 12.1 Å². The molecule has 0 radical (unpaired) electrons. The van der Waals surface area contributed by atoms with Gasteiger partial charge in [-0.3, -0.25) is 4.79 Å². The Bertz CT molecular complexity index is 1200. The van der Waals surface area contributed by atoms with Gasteiger partial charge in [0.25, 0.3) is 5.91 Å². The zero-order chi connectivity index (χ0) is 24.5. The van der Waals surface area contributed by atoms with Gasteiger partial charge >= 0.3 is 0 Å². The highest BCUT2D eigenvalue weighted by Crippen LogP contribution is 2.40. The first-order valence-electron chi connectivity index (χ1n) is 12.6. The van der Waals surface area contributed by atoms with Gasteiger partial charge in [-0.1, -0.05) is 18.6 Å². The summed E-state index contributed by atoms with van der Waals surface area (Å²) in [5.74, 6) is 2.54. The summed E-state index contributed by atoms with van der Waals surface area (Å²) in [6, 6.07) is 12.1. The van der Waals surface area contributed by atoms with E-state index in [4.69, 9.17) is 9.73 Å². The first-order chi connectivity index (χ1) is 17.0. The van der Waals surface area contributed by atoms with Crippen LogP contribution in [0.3, 0.4) is 0 Å². The zero-order valence-electron chi connectivity index (χ0n) is 20.7. The Labute approximate surface area is 207 Å². The van der Waals surface area contributed by atoms with Gasteiger partial charge in [0.2, 0.25) is 0 Å². The molecule has 1 atom stereocenters. The van der Waals surface area contributed by atoms with Crippen molar-refractivity contribution in [2.75, 3.05) is 20.2 Å². The predicted octanol–water partition coefficient (Wildman–Crippen LogP) is 4.36. The van der Waals surface area contributed by atoms with E-state index >= 15 is 0 Å². The number of piperidine rings is 1. The fraction of sp³-hybridized carbons (Fsp3) is 0.464. The van der Waals surface area contributed by atoms with Crippen molar-refractivity contribution in [1.82, 2.24) is 15.8 Å². The van der Waals surface area contributed by atoms with Crippen LogP contribution in [0.1, 0.15) is 89.0 Å². The monoisotopic (exact) mass is 471 g/mol. The number of carbonyl (C=O) groups is 1. The van der Waals surface area contributed by atoms with Crippen LogP contribution in [0.2, 0.25) is 0 Å². The van der Waals surface area contributed by atoms with Gasteiger partial charge < -0.3 is 15.1 Å². The number of amides is 1. The van der Waals surface area contributed by atoms with E-state index in [1.807, 2.05) is 24.0 Å². The predicted molar refractivity (Wildman–Crippen MR) is 136 cm³/mol. The van der Waals surface area contributed by atoms with E-state index in [1.54, 1.807) is 13.2 Å². The topological polar surface area (TPSA) is 89.8 Å². The Balaban J connectivity index is 1.36. The van der Waals surface area contributed by atoms with Crippen LogP contribution < -0.4 is 15.6 Å². The smallest absolute Gasteiger partial charge is 0.254 e. The van der Waals surface area contributed by atoms with Crippen LogP contribution in [0, 0.1) is 18.3 Å². The number of aryl methyl sites for hydroxylation is 1. The normalized spacial score (nSPS) is 20.6. The molecule has 7 heteroatoms. The van der Waals surface area contributed by atoms with Crippen molar-refractivity contribution >= 4 is 11.7 Å². The summed E-state index contributed by atoms with van der Waals surface area (Å²) in [5.41, 5.74) is 12.3. The van der Waals surface area contributed by atoms with Crippen molar-refractivity contribution in [3.05, 3.63) is 63.7 Å². The standard InChI is InChI=1S/C28H33N5O2/c1-17-13-24(20-5-4-6-20)25(27-30-18(2)31-32-27)15-23(17)28(34)33-11-9-21(10-12-33)22-8-7-19(16-29)14-26(22)35-3/h7-8,13-15,18,20-21,31H,4-6,9-12H2,1-3H3,(H,30,32). The largest absolute Gasteiger partial charge is 0.496 e. The molecule has 2 aromatic rings. The van der Waals surface area contributed by atoms with Crippen molar-refractivity contribution in [2.24, 2.45) is 4.99 Å². The molecule has 2 heterocycles. The second kappa shape index (κ2) is 9.71. The van der Waals surface area contributed by atoms with Gasteiger partial charge in [0.1, 0.15) is 17.8 Å². The molecule has 3 aliphatic rings. The molecule has 1 amide bonds. The molecule has 1 saturated carbocycles. The van der Waals surface area contributed by atoms with Crippen molar-refractivity contribution in [1.29, 1.82) is 5.26 Å². The van der Waals surface area contributed by atoms with Gasteiger partial charge in [0, 0.05) is 24.2 Å². The quantitative estimate of drug-likeness (QED) is 0.676. The summed E-state index contributed by atoms with van der Waals surface area (Å²) >= 11 is 0. The average molecular weight is 472 g/mol.